The van der Waals surface area contributed by atoms with E-state index < -0.39 is 6.09 Å². The Balaban J connectivity index is 1.90. The highest BCUT2D eigenvalue weighted by Gasteiger charge is 2.05. The van der Waals surface area contributed by atoms with Gasteiger partial charge in [-0.2, -0.15) is 0 Å². The predicted molar refractivity (Wildman–Crippen MR) is 83.3 cm³/mol. The van der Waals surface area contributed by atoms with Crippen LogP contribution in [0, 0.1) is 0 Å². The molecular formula is C17H18N2O3. The van der Waals surface area contributed by atoms with E-state index in [1.165, 1.54) is 7.11 Å². The zero-order chi connectivity index (χ0) is 15.8. The van der Waals surface area contributed by atoms with Gasteiger partial charge in [0.05, 0.1) is 7.11 Å². The Bertz CT molecular complexity index is 641. The van der Waals surface area contributed by atoms with Gasteiger partial charge in [0.1, 0.15) is 0 Å². The first kappa shape index (κ1) is 15.6. The first-order valence-electron chi connectivity index (χ1n) is 6.92. The van der Waals surface area contributed by atoms with Crippen LogP contribution >= 0.6 is 0 Å². The molecule has 5 heteroatoms. The molecule has 2 aromatic carbocycles. The summed E-state index contributed by atoms with van der Waals surface area (Å²) in [5, 5.41) is 5.49. The number of benzene rings is 2. The van der Waals surface area contributed by atoms with E-state index in [1.54, 1.807) is 12.1 Å². The van der Waals surface area contributed by atoms with Crippen molar-refractivity contribution in [3.05, 3.63) is 71.3 Å². The Hall–Kier alpha value is -2.82. The van der Waals surface area contributed by atoms with Crippen LogP contribution in [0.15, 0.2) is 54.6 Å². The maximum atomic E-state index is 12.0. The van der Waals surface area contributed by atoms with Crippen LogP contribution in [-0.2, 0) is 17.8 Å². The third kappa shape index (κ3) is 4.63. The van der Waals surface area contributed by atoms with E-state index in [4.69, 9.17) is 0 Å². The van der Waals surface area contributed by atoms with E-state index in [0.29, 0.717) is 18.7 Å². The minimum Gasteiger partial charge on any atom is -0.453 e. The molecule has 0 heterocycles. The highest BCUT2D eigenvalue weighted by molar-refractivity contribution is 5.94. The van der Waals surface area contributed by atoms with E-state index in [9.17, 15) is 9.59 Å². The van der Waals surface area contributed by atoms with Gasteiger partial charge in [0, 0.05) is 18.7 Å². The fourth-order valence-electron chi connectivity index (χ4n) is 1.97. The average Bonchev–Trinajstić information content (AvgIpc) is 2.58. The lowest BCUT2D eigenvalue weighted by Crippen LogP contribution is -2.23. The molecule has 0 aliphatic rings. The maximum absolute atomic E-state index is 12.0. The largest absolute Gasteiger partial charge is 0.453 e. The summed E-state index contributed by atoms with van der Waals surface area (Å²) in [5.41, 5.74) is 2.54. The van der Waals surface area contributed by atoms with Crippen molar-refractivity contribution in [3.63, 3.8) is 0 Å². The van der Waals surface area contributed by atoms with Crippen molar-refractivity contribution in [1.29, 1.82) is 0 Å². The molecule has 0 saturated heterocycles. The monoisotopic (exact) mass is 298 g/mol. The van der Waals surface area contributed by atoms with Crippen molar-refractivity contribution in [2.45, 2.75) is 13.1 Å². The maximum Gasteiger partial charge on any atom is 0.407 e. The summed E-state index contributed by atoms with van der Waals surface area (Å²) in [6.07, 6.45) is -0.470. The molecule has 0 spiro atoms. The molecule has 0 radical (unpaired) electrons. The lowest BCUT2D eigenvalue weighted by Gasteiger charge is -2.08. The van der Waals surface area contributed by atoms with Crippen molar-refractivity contribution in [2.75, 3.05) is 7.11 Å². The van der Waals surface area contributed by atoms with Crippen LogP contribution in [-0.4, -0.2) is 19.1 Å². The molecule has 2 rings (SSSR count). The smallest absolute Gasteiger partial charge is 0.407 e. The van der Waals surface area contributed by atoms with Crippen molar-refractivity contribution in [1.82, 2.24) is 10.6 Å². The minimum atomic E-state index is -0.470. The van der Waals surface area contributed by atoms with Gasteiger partial charge in [-0.25, -0.2) is 4.79 Å². The van der Waals surface area contributed by atoms with Gasteiger partial charge >= 0.3 is 6.09 Å². The van der Waals surface area contributed by atoms with Crippen molar-refractivity contribution >= 4 is 12.0 Å². The first-order valence-corrected chi connectivity index (χ1v) is 6.92. The van der Waals surface area contributed by atoms with Gasteiger partial charge in [-0.1, -0.05) is 42.5 Å². The summed E-state index contributed by atoms with van der Waals surface area (Å²) in [5.74, 6) is -0.112. The van der Waals surface area contributed by atoms with Crippen LogP contribution < -0.4 is 10.6 Å². The average molecular weight is 298 g/mol. The molecule has 22 heavy (non-hydrogen) atoms. The molecule has 0 atom stereocenters. The molecular weight excluding hydrogens is 280 g/mol. The topological polar surface area (TPSA) is 67.4 Å². The van der Waals surface area contributed by atoms with Crippen molar-refractivity contribution in [2.24, 2.45) is 0 Å². The van der Waals surface area contributed by atoms with Crippen molar-refractivity contribution < 1.29 is 14.3 Å². The number of carbonyl (C=O) groups excluding carboxylic acids is 2. The minimum absolute atomic E-state index is 0.112. The molecule has 0 bridgehead atoms. The van der Waals surface area contributed by atoms with Gasteiger partial charge in [0.15, 0.2) is 0 Å². The second-order valence-corrected chi connectivity index (χ2v) is 4.71. The molecule has 0 fully saturated rings. The Morgan fingerprint density at radius 1 is 0.909 bits per heavy atom. The molecule has 114 valence electrons. The molecule has 0 aliphatic heterocycles. The van der Waals surface area contributed by atoms with Gasteiger partial charge < -0.3 is 15.4 Å². The van der Waals surface area contributed by atoms with Gasteiger partial charge in [-0.15, -0.1) is 0 Å². The summed E-state index contributed by atoms with van der Waals surface area (Å²) >= 11 is 0. The van der Waals surface area contributed by atoms with E-state index in [0.717, 1.165) is 11.1 Å². The first-order chi connectivity index (χ1) is 10.7. The number of carbonyl (C=O) groups is 2. The second-order valence-electron chi connectivity index (χ2n) is 4.71. The van der Waals surface area contributed by atoms with Gasteiger partial charge in [0.25, 0.3) is 5.91 Å². The van der Waals surface area contributed by atoms with Crippen LogP contribution in [0.2, 0.25) is 0 Å². The molecule has 2 aromatic rings. The van der Waals surface area contributed by atoms with Crippen LogP contribution in [0.5, 0.6) is 0 Å². The number of hydrogen-bond acceptors (Lipinski definition) is 3. The zero-order valence-corrected chi connectivity index (χ0v) is 12.3. The highest BCUT2D eigenvalue weighted by atomic mass is 16.5. The highest BCUT2D eigenvalue weighted by Crippen LogP contribution is 2.06. The number of hydrogen-bond donors (Lipinski definition) is 2. The fraction of sp³-hybridized carbons (Fsp3) is 0.176. The third-order valence-corrected chi connectivity index (χ3v) is 3.10. The normalized spacial score (nSPS) is 9.86. The number of rotatable bonds is 5. The molecule has 5 nitrogen and oxygen atoms in total. The van der Waals surface area contributed by atoms with Gasteiger partial charge in [0.2, 0.25) is 0 Å². The summed E-state index contributed by atoms with van der Waals surface area (Å²) in [7, 11) is 1.32. The number of methoxy groups -OCH3 is 1. The molecule has 0 saturated carbocycles. The SMILES string of the molecule is COC(=O)NCc1cccc(CNC(=O)c2ccccc2)c1. The Morgan fingerprint density at radius 2 is 1.55 bits per heavy atom. The number of amides is 2. The van der Waals surface area contributed by atoms with Crippen LogP contribution in [0.1, 0.15) is 21.5 Å². The zero-order valence-electron chi connectivity index (χ0n) is 12.3. The number of ether oxygens (including phenoxy) is 1. The molecule has 0 unspecified atom stereocenters. The molecule has 0 aliphatic carbocycles. The standard InChI is InChI=1S/C17H18N2O3/c1-22-17(21)19-12-14-7-5-6-13(10-14)11-18-16(20)15-8-3-2-4-9-15/h2-10H,11-12H2,1H3,(H,18,20)(H,19,21). The summed E-state index contributed by atoms with van der Waals surface area (Å²) < 4.78 is 4.52. The van der Waals surface area contributed by atoms with Crippen molar-refractivity contribution in [3.8, 4) is 0 Å². The third-order valence-electron chi connectivity index (χ3n) is 3.10. The van der Waals surface area contributed by atoms with E-state index in [2.05, 4.69) is 15.4 Å². The quantitative estimate of drug-likeness (QED) is 0.891. The van der Waals surface area contributed by atoms with Crippen LogP contribution in [0.4, 0.5) is 4.79 Å². The van der Waals surface area contributed by atoms with Gasteiger partial charge in [-0.3, -0.25) is 4.79 Å². The lowest BCUT2D eigenvalue weighted by molar-refractivity contribution is 0.0951. The summed E-state index contributed by atoms with van der Waals surface area (Å²) in [6.45, 7) is 0.812. The Labute approximate surface area is 129 Å². The number of alkyl carbamates (subject to hydrolysis) is 1. The van der Waals surface area contributed by atoms with Gasteiger partial charge in [-0.05, 0) is 23.3 Å². The molecule has 2 amide bonds. The van der Waals surface area contributed by atoms with E-state index >= 15 is 0 Å². The van der Waals surface area contributed by atoms with E-state index in [-0.39, 0.29) is 5.91 Å². The molecule has 0 aromatic heterocycles. The van der Waals surface area contributed by atoms with E-state index in [1.807, 2.05) is 42.5 Å². The Kier molecular flexibility index (Phi) is 5.54. The number of nitrogens with one attached hydrogen (secondary N) is 2. The molecule has 2 N–H and O–H groups in total. The fourth-order valence-corrected chi connectivity index (χ4v) is 1.97. The Morgan fingerprint density at radius 3 is 2.18 bits per heavy atom. The lowest BCUT2D eigenvalue weighted by atomic mass is 10.1. The summed E-state index contributed by atoms with van der Waals surface area (Å²) in [4.78, 5) is 23.0. The second kappa shape index (κ2) is 7.83. The summed E-state index contributed by atoms with van der Waals surface area (Å²) in [6, 6.07) is 16.7. The van der Waals surface area contributed by atoms with Crippen LogP contribution in [0.25, 0.3) is 0 Å². The van der Waals surface area contributed by atoms with Crippen LogP contribution in [0.3, 0.4) is 0 Å². The predicted octanol–water partition coefficient (Wildman–Crippen LogP) is 2.47.